The summed E-state index contributed by atoms with van der Waals surface area (Å²) < 4.78 is 4.63. The zero-order valence-electron chi connectivity index (χ0n) is 17.7. The number of methoxy groups -OCH3 is 1. The molecule has 0 aliphatic carbocycles. The first kappa shape index (κ1) is 24.3. The lowest BCUT2D eigenvalue weighted by atomic mass is 9.95. The van der Waals surface area contributed by atoms with Gasteiger partial charge in [-0.05, 0) is 36.5 Å². The van der Waals surface area contributed by atoms with Gasteiger partial charge >= 0.3 is 5.97 Å². The van der Waals surface area contributed by atoms with E-state index in [-0.39, 0.29) is 24.6 Å². The van der Waals surface area contributed by atoms with Crippen LogP contribution in [0.15, 0.2) is 30.5 Å². The van der Waals surface area contributed by atoms with E-state index in [1.807, 2.05) is 12.1 Å². The summed E-state index contributed by atoms with van der Waals surface area (Å²) in [6, 6.07) is 5.48. The number of ether oxygens (including phenoxy) is 1. The molecule has 0 radical (unpaired) electrons. The lowest BCUT2D eigenvalue weighted by Gasteiger charge is -2.09. The highest BCUT2D eigenvalue weighted by atomic mass is 16.5. The molecule has 0 amide bonds. The lowest BCUT2D eigenvalue weighted by molar-refractivity contribution is -0.140. The minimum Gasteiger partial charge on any atom is -0.469 e. The topological polar surface area (TPSA) is 93.2 Å². The SMILES string of the molecule is CCCCCCC/C=C/c1cc(/C(C=N)=C/N)ccc1C(=O)CCCC(=O)OC. The first-order valence-corrected chi connectivity index (χ1v) is 10.4. The predicted octanol–water partition coefficient (Wildman–Crippen LogP) is 5.54. The van der Waals surface area contributed by atoms with Crippen LogP contribution in [0.4, 0.5) is 0 Å². The van der Waals surface area contributed by atoms with E-state index < -0.39 is 0 Å². The lowest BCUT2D eigenvalue weighted by Crippen LogP contribution is -2.06. The standard InChI is InChI=1S/C24H34N2O3/c1-3-4-5-6-7-8-9-11-20-16-19(21(17-25)18-26)14-15-22(20)23(27)12-10-13-24(28)29-2/h9,11,14-18,25H,3-8,10,12-13,26H2,1-2H3/b11-9+,21-18+,25-17?. The maximum Gasteiger partial charge on any atom is 0.305 e. The Labute approximate surface area is 174 Å². The van der Waals surface area contributed by atoms with Crippen LogP contribution in [-0.4, -0.2) is 25.1 Å². The van der Waals surface area contributed by atoms with E-state index in [4.69, 9.17) is 11.1 Å². The molecular weight excluding hydrogens is 364 g/mol. The van der Waals surface area contributed by atoms with E-state index in [0.29, 0.717) is 17.6 Å². The first-order valence-electron chi connectivity index (χ1n) is 10.4. The van der Waals surface area contributed by atoms with Crippen LogP contribution in [0.25, 0.3) is 11.6 Å². The molecule has 0 aromatic heterocycles. The van der Waals surface area contributed by atoms with Crippen LogP contribution in [-0.2, 0) is 9.53 Å². The van der Waals surface area contributed by atoms with Gasteiger partial charge in [0, 0.05) is 36.4 Å². The summed E-state index contributed by atoms with van der Waals surface area (Å²) in [5, 5.41) is 7.50. The minimum atomic E-state index is -0.306. The molecule has 0 spiro atoms. The average Bonchev–Trinajstić information content (AvgIpc) is 2.73. The third kappa shape index (κ3) is 8.90. The molecule has 0 aliphatic heterocycles. The molecule has 0 fully saturated rings. The Morgan fingerprint density at radius 1 is 1.10 bits per heavy atom. The Kier molecular flexibility index (Phi) is 12.0. The van der Waals surface area contributed by atoms with Crippen molar-refractivity contribution >= 4 is 29.6 Å². The molecule has 5 nitrogen and oxygen atoms in total. The number of esters is 1. The Morgan fingerprint density at radius 2 is 1.86 bits per heavy atom. The molecule has 0 bridgehead atoms. The number of allylic oxidation sites excluding steroid dienone is 2. The van der Waals surface area contributed by atoms with Gasteiger partial charge in [0.15, 0.2) is 5.78 Å². The fourth-order valence-electron chi connectivity index (χ4n) is 3.07. The van der Waals surface area contributed by atoms with Crippen LogP contribution in [0, 0.1) is 5.41 Å². The average molecular weight is 399 g/mol. The quantitative estimate of drug-likeness (QED) is 0.186. The number of hydrogen-bond acceptors (Lipinski definition) is 5. The Bertz CT molecular complexity index is 736. The Morgan fingerprint density at radius 3 is 2.52 bits per heavy atom. The number of nitrogens with one attached hydrogen (secondary N) is 1. The number of unbranched alkanes of at least 4 members (excludes halogenated alkanes) is 5. The van der Waals surface area contributed by atoms with Crippen molar-refractivity contribution in [1.82, 2.24) is 0 Å². The number of benzene rings is 1. The van der Waals surface area contributed by atoms with E-state index in [1.165, 1.54) is 45.2 Å². The fraction of sp³-hybridized carbons (Fsp3) is 0.458. The largest absolute Gasteiger partial charge is 0.469 e. The van der Waals surface area contributed by atoms with Gasteiger partial charge in [-0.15, -0.1) is 0 Å². The zero-order chi connectivity index (χ0) is 21.5. The first-order chi connectivity index (χ1) is 14.1. The summed E-state index contributed by atoms with van der Waals surface area (Å²) in [6.07, 6.45) is 14.7. The predicted molar refractivity (Wildman–Crippen MR) is 120 cm³/mol. The van der Waals surface area contributed by atoms with Crippen LogP contribution in [0.1, 0.15) is 86.2 Å². The molecule has 5 heteroatoms. The number of carbonyl (C=O) groups is 2. The van der Waals surface area contributed by atoms with E-state index in [0.717, 1.165) is 24.0 Å². The van der Waals surface area contributed by atoms with E-state index >= 15 is 0 Å². The van der Waals surface area contributed by atoms with Gasteiger partial charge in [0.1, 0.15) is 0 Å². The van der Waals surface area contributed by atoms with Crippen molar-refractivity contribution in [3.8, 4) is 0 Å². The highest BCUT2D eigenvalue weighted by Crippen LogP contribution is 2.21. The molecule has 0 aliphatic rings. The van der Waals surface area contributed by atoms with Crippen molar-refractivity contribution in [3.05, 3.63) is 47.2 Å². The number of ketones is 1. The maximum atomic E-state index is 12.7. The Hall–Kier alpha value is -2.69. The summed E-state index contributed by atoms with van der Waals surface area (Å²) in [6.45, 7) is 2.20. The fourth-order valence-corrected chi connectivity index (χ4v) is 3.07. The number of nitrogens with two attached hydrogens (primary N) is 1. The van der Waals surface area contributed by atoms with Crippen molar-refractivity contribution < 1.29 is 14.3 Å². The number of rotatable bonds is 14. The second kappa shape index (κ2) is 14.3. The second-order valence-corrected chi connectivity index (χ2v) is 7.03. The van der Waals surface area contributed by atoms with Gasteiger partial charge in [0.25, 0.3) is 0 Å². The summed E-state index contributed by atoms with van der Waals surface area (Å²) >= 11 is 0. The van der Waals surface area contributed by atoms with Gasteiger partial charge < -0.3 is 15.9 Å². The molecule has 158 valence electrons. The van der Waals surface area contributed by atoms with Gasteiger partial charge in [-0.3, -0.25) is 9.59 Å². The monoisotopic (exact) mass is 398 g/mol. The molecular formula is C24H34N2O3. The zero-order valence-corrected chi connectivity index (χ0v) is 17.7. The van der Waals surface area contributed by atoms with Crippen LogP contribution < -0.4 is 5.73 Å². The van der Waals surface area contributed by atoms with Gasteiger partial charge in [-0.1, -0.05) is 56.9 Å². The third-order valence-corrected chi connectivity index (χ3v) is 4.80. The third-order valence-electron chi connectivity index (χ3n) is 4.80. The van der Waals surface area contributed by atoms with Crippen molar-refractivity contribution in [2.24, 2.45) is 5.73 Å². The number of Topliss-reactive ketones (excluding diaryl/α,β-unsaturated/α-hetero) is 1. The van der Waals surface area contributed by atoms with E-state index in [1.54, 1.807) is 12.1 Å². The molecule has 3 N–H and O–H groups in total. The minimum absolute atomic E-state index is 0.00354. The van der Waals surface area contributed by atoms with Gasteiger partial charge in [-0.25, -0.2) is 0 Å². The van der Waals surface area contributed by atoms with Crippen LogP contribution in [0.5, 0.6) is 0 Å². The molecule has 1 aromatic rings. The maximum absolute atomic E-state index is 12.7. The molecule has 0 unspecified atom stereocenters. The normalized spacial score (nSPS) is 11.6. The van der Waals surface area contributed by atoms with Crippen molar-refractivity contribution in [3.63, 3.8) is 0 Å². The molecule has 0 heterocycles. The van der Waals surface area contributed by atoms with Gasteiger partial charge in [-0.2, -0.15) is 0 Å². The summed E-state index contributed by atoms with van der Waals surface area (Å²) in [5.41, 5.74) is 8.46. The molecule has 29 heavy (non-hydrogen) atoms. The van der Waals surface area contributed by atoms with Crippen molar-refractivity contribution in [1.29, 1.82) is 5.41 Å². The Balaban J connectivity index is 2.91. The summed E-state index contributed by atoms with van der Waals surface area (Å²) in [7, 11) is 1.35. The van der Waals surface area contributed by atoms with Crippen LogP contribution in [0.3, 0.4) is 0 Å². The highest BCUT2D eigenvalue weighted by molar-refractivity contribution is 6.09. The molecule has 0 saturated heterocycles. The molecule has 0 saturated carbocycles. The van der Waals surface area contributed by atoms with Gasteiger partial charge in [0.05, 0.1) is 7.11 Å². The smallest absolute Gasteiger partial charge is 0.305 e. The van der Waals surface area contributed by atoms with Crippen molar-refractivity contribution in [2.45, 2.75) is 64.7 Å². The molecule has 1 rings (SSSR count). The highest BCUT2D eigenvalue weighted by Gasteiger charge is 2.12. The molecule has 1 aromatic carbocycles. The number of carbonyl (C=O) groups excluding carboxylic acids is 2. The van der Waals surface area contributed by atoms with E-state index in [9.17, 15) is 9.59 Å². The molecule has 0 atom stereocenters. The van der Waals surface area contributed by atoms with Crippen LogP contribution in [0.2, 0.25) is 0 Å². The summed E-state index contributed by atoms with van der Waals surface area (Å²) in [5.74, 6) is -0.309. The van der Waals surface area contributed by atoms with Gasteiger partial charge in [0.2, 0.25) is 0 Å². The van der Waals surface area contributed by atoms with Crippen LogP contribution >= 0.6 is 0 Å². The second-order valence-electron chi connectivity index (χ2n) is 7.03. The number of hydrogen-bond donors (Lipinski definition) is 2. The van der Waals surface area contributed by atoms with Crippen molar-refractivity contribution in [2.75, 3.05) is 7.11 Å². The summed E-state index contributed by atoms with van der Waals surface area (Å²) in [4.78, 5) is 24.0. The van der Waals surface area contributed by atoms with E-state index in [2.05, 4.69) is 17.7 Å².